The fraction of sp³-hybridized carbons (Fsp3) is 0.588. The quantitative estimate of drug-likeness (QED) is 0.865. The number of sulfonamides is 1. The van der Waals surface area contributed by atoms with Gasteiger partial charge < -0.3 is 10.2 Å². The monoisotopic (exact) mass is 351 g/mol. The predicted octanol–water partition coefficient (Wildman–Crippen LogP) is 0.660. The Bertz CT molecular complexity index is 649. The summed E-state index contributed by atoms with van der Waals surface area (Å²) in [5.41, 5.74) is 0.796. The maximum Gasteiger partial charge on any atom is 0.227 e. The summed E-state index contributed by atoms with van der Waals surface area (Å²) in [7, 11) is -3.33. The van der Waals surface area contributed by atoms with Gasteiger partial charge in [-0.1, -0.05) is 30.3 Å². The molecule has 2 aliphatic rings. The van der Waals surface area contributed by atoms with Crippen LogP contribution in [0.1, 0.15) is 18.4 Å². The van der Waals surface area contributed by atoms with Crippen LogP contribution in [0.25, 0.3) is 0 Å². The van der Waals surface area contributed by atoms with E-state index < -0.39 is 10.0 Å². The van der Waals surface area contributed by atoms with Crippen LogP contribution in [0.3, 0.4) is 0 Å². The molecule has 3 rings (SSSR count). The van der Waals surface area contributed by atoms with Crippen molar-refractivity contribution in [2.45, 2.75) is 18.6 Å². The molecule has 0 aliphatic carbocycles. The van der Waals surface area contributed by atoms with Gasteiger partial charge in [-0.15, -0.1) is 0 Å². The van der Waals surface area contributed by atoms with Gasteiger partial charge in [-0.2, -0.15) is 4.31 Å². The summed E-state index contributed by atoms with van der Waals surface area (Å²) >= 11 is 0. The molecule has 6 nitrogen and oxygen atoms in total. The van der Waals surface area contributed by atoms with E-state index in [1.807, 2.05) is 35.2 Å². The largest absolute Gasteiger partial charge is 0.340 e. The van der Waals surface area contributed by atoms with E-state index in [1.165, 1.54) is 4.31 Å². The average molecular weight is 351 g/mol. The van der Waals surface area contributed by atoms with Gasteiger partial charge in [-0.25, -0.2) is 8.42 Å². The van der Waals surface area contributed by atoms with Crippen molar-refractivity contribution in [1.82, 2.24) is 14.5 Å². The predicted molar refractivity (Wildman–Crippen MR) is 92.8 cm³/mol. The van der Waals surface area contributed by atoms with E-state index in [4.69, 9.17) is 0 Å². The fourth-order valence-corrected chi connectivity index (χ4v) is 4.90. The highest BCUT2D eigenvalue weighted by Crippen LogP contribution is 2.17. The van der Waals surface area contributed by atoms with Crippen molar-refractivity contribution in [1.29, 1.82) is 0 Å². The molecule has 1 aromatic carbocycles. The van der Waals surface area contributed by atoms with Crippen LogP contribution in [-0.4, -0.2) is 62.8 Å². The van der Waals surface area contributed by atoms with Gasteiger partial charge >= 0.3 is 0 Å². The van der Waals surface area contributed by atoms with E-state index in [1.54, 1.807) is 0 Å². The number of piperidine rings is 1. The van der Waals surface area contributed by atoms with Crippen LogP contribution in [0.5, 0.6) is 0 Å². The van der Waals surface area contributed by atoms with Crippen LogP contribution in [0.4, 0.5) is 0 Å². The van der Waals surface area contributed by atoms with Crippen LogP contribution in [0.15, 0.2) is 30.3 Å². The molecule has 1 unspecified atom stereocenters. The van der Waals surface area contributed by atoms with Crippen molar-refractivity contribution in [2.75, 3.05) is 39.3 Å². The molecule has 0 bridgehead atoms. The first-order valence-electron chi connectivity index (χ1n) is 8.57. The lowest BCUT2D eigenvalue weighted by molar-refractivity contribution is -0.137. The van der Waals surface area contributed by atoms with Crippen LogP contribution in [-0.2, 0) is 20.6 Å². The number of piperazine rings is 1. The van der Waals surface area contributed by atoms with Gasteiger partial charge in [0.05, 0.1) is 11.7 Å². The van der Waals surface area contributed by atoms with Gasteiger partial charge in [0.15, 0.2) is 0 Å². The molecular formula is C17H25N3O3S. The highest BCUT2D eigenvalue weighted by atomic mass is 32.2. The molecule has 132 valence electrons. The summed E-state index contributed by atoms with van der Waals surface area (Å²) in [5.74, 6) is 0.238. The normalized spacial score (nSPS) is 23.2. The van der Waals surface area contributed by atoms with E-state index >= 15 is 0 Å². The molecule has 2 aliphatic heterocycles. The summed E-state index contributed by atoms with van der Waals surface area (Å²) in [5, 5.41) is 3.26. The van der Waals surface area contributed by atoms with Crippen molar-refractivity contribution in [3.63, 3.8) is 0 Å². The topological polar surface area (TPSA) is 69.7 Å². The molecule has 0 spiro atoms. The van der Waals surface area contributed by atoms with E-state index in [0.717, 1.165) is 31.5 Å². The van der Waals surface area contributed by atoms with Crippen LogP contribution < -0.4 is 5.32 Å². The molecule has 1 amide bonds. The lowest BCUT2D eigenvalue weighted by atomic mass is 9.98. The lowest BCUT2D eigenvalue weighted by Crippen LogP contribution is -2.53. The van der Waals surface area contributed by atoms with Gasteiger partial charge in [-0.3, -0.25) is 4.79 Å². The zero-order chi connectivity index (χ0) is 17.0. The van der Waals surface area contributed by atoms with Gasteiger partial charge in [-0.05, 0) is 24.9 Å². The zero-order valence-corrected chi connectivity index (χ0v) is 14.7. The number of amides is 1. The number of hydrogen-bond acceptors (Lipinski definition) is 4. The molecule has 24 heavy (non-hydrogen) atoms. The third-order valence-electron chi connectivity index (χ3n) is 4.78. The lowest BCUT2D eigenvalue weighted by Gasteiger charge is -2.36. The minimum atomic E-state index is -3.33. The van der Waals surface area contributed by atoms with Crippen LogP contribution in [0, 0.1) is 5.92 Å². The van der Waals surface area contributed by atoms with Crippen molar-refractivity contribution in [2.24, 2.45) is 5.92 Å². The van der Waals surface area contributed by atoms with Crippen molar-refractivity contribution < 1.29 is 13.2 Å². The molecule has 7 heteroatoms. The van der Waals surface area contributed by atoms with Crippen molar-refractivity contribution >= 4 is 15.9 Å². The standard InChI is InChI=1S/C17H25N3O3S/c21-17(16-7-4-8-18-13-16)19-9-11-20(12-10-19)24(22,23)14-15-5-2-1-3-6-15/h1-3,5-6,16,18H,4,7-14H2. The molecule has 2 heterocycles. The average Bonchev–Trinajstić information content (AvgIpc) is 2.62. The summed E-state index contributed by atoms with van der Waals surface area (Å²) in [6, 6.07) is 9.22. The second-order valence-electron chi connectivity index (χ2n) is 6.51. The minimum absolute atomic E-state index is 0.0222. The number of carbonyl (C=O) groups excluding carboxylic acids is 1. The first kappa shape index (κ1) is 17.4. The summed E-state index contributed by atoms with van der Waals surface area (Å²) in [4.78, 5) is 14.3. The molecule has 2 fully saturated rings. The van der Waals surface area contributed by atoms with Gasteiger partial charge in [0.2, 0.25) is 15.9 Å². The summed E-state index contributed by atoms with van der Waals surface area (Å²) in [6.07, 6.45) is 1.96. The molecule has 2 saturated heterocycles. The highest BCUT2D eigenvalue weighted by Gasteiger charge is 2.32. The molecule has 1 atom stereocenters. The van der Waals surface area contributed by atoms with Crippen molar-refractivity contribution in [3.05, 3.63) is 35.9 Å². The first-order valence-corrected chi connectivity index (χ1v) is 10.2. The minimum Gasteiger partial charge on any atom is -0.340 e. The molecule has 1 aromatic rings. The number of nitrogens with zero attached hydrogens (tertiary/aromatic N) is 2. The van der Waals surface area contributed by atoms with Gasteiger partial charge in [0.25, 0.3) is 0 Å². The molecule has 0 aromatic heterocycles. The van der Waals surface area contributed by atoms with Crippen LogP contribution >= 0.6 is 0 Å². The van der Waals surface area contributed by atoms with Gasteiger partial charge in [0, 0.05) is 32.7 Å². The Kier molecular flexibility index (Phi) is 5.53. The Labute approximate surface area is 143 Å². The maximum atomic E-state index is 12.5. The highest BCUT2D eigenvalue weighted by molar-refractivity contribution is 7.88. The Balaban J connectivity index is 1.55. The number of rotatable bonds is 4. The van der Waals surface area contributed by atoms with Crippen molar-refractivity contribution in [3.8, 4) is 0 Å². The first-order chi connectivity index (χ1) is 11.6. The number of nitrogens with one attached hydrogen (secondary N) is 1. The Morgan fingerprint density at radius 1 is 1.12 bits per heavy atom. The summed E-state index contributed by atoms with van der Waals surface area (Å²) in [6.45, 7) is 3.48. The molecule has 0 saturated carbocycles. The molecule has 1 N–H and O–H groups in total. The SMILES string of the molecule is O=C(C1CCCNC1)N1CCN(S(=O)(=O)Cc2ccccc2)CC1. The van der Waals surface area contributed by atoms with E-state index in [9.17, 15) is 13.2 Å². The molecular weight excluding hydrogens is 326 g/mol. The second-order valence-corrected chi connectivity index (χ2v) is 8.48. The third kappa shape index (κ3) is 4.15. The Hall–Kier alpha value is -1.44. The Morgan fingerprint density at radius 3 is 2.46 bits per heavy atom. The van der Waals surface area contributed by atoms with E-state index in [-0.39, 0.29) is 17.6 Å². The third-order valence-corrected chi connectivity index (χ3v) is 6.63. The van der Waals surface area contributed by atoms with Crippen LogP contribution in [0.2, 0.25) is 0 Å². The smallest absolute Gasteiger partial charge is 0.227 e. The number of carbonyl (C=O) groups is 1. The van der Waals surface area contributed by atoms with E-state index in [0.29, 0.717) is 26.2 Å². The zero-order valence-electron chi connectivity index (χ0n) is 13.9. The molecule has 0 radical (unpaired) electrons. The number of benzene rings is 1. The second kappa shape index (κ2) is 7.63. The number of hydrogen-bond donors (Lipinski definition) is 1. The Morgan fingerprint density at radius 2 is 1.83 bits per heavy atom. The van der Waals surface area contributed by atoms with E-state index in [2.05, 4.69) is 5.32 Å². The summed E-state index contributed by atoms with van der Waals surface area (Å²) < 4.78 is 26.6. The van der Waals surface area contributed by atoms with Gasteiger partial charge in [0.1, 0.15) is 0 Å². The fourth-order valence-electron chi connectivity index (χ4n) is 3.38. The maximum absolute atomic E-state index is 12.5.